The van der Waals surface area contributed by atoms with Gasteiger partial charge in [0.1, 0.15) is 25.1 Å². The highest BCUT2D eigenvalue weighted by atomic mass is 16.6. The molecule has 0 bridgehead atoms. The van der Waals surface area contributed by atoms with Crippen molar-refractivity contribution in [3.8, 4) is 11.5 Å². The molecule has 4 rings (SSSR count). The van der Waals surface area contributed by atoms with Gasteiger partial charge in [0, 0.05) is 45.5 Å². The van der Waals surface area contributed by atoms with Crippen molar-refractivity contribution in [3.63, 3.8) is 0 Å². The number of ether oxygens (including phenoxy) is 2. The quantitative estimate of drug-likeness (QED) is 0.894. The molecule has 1 atom stereocenters. The van der Waals surface area contributed by atoms with Crippen LogP contribution in [0.2, 0.25) is 0 Å². The average Bonchev–Trinajstić information content (AvgIpc) is 3.11. The van der Waals surface area contributed by atoms with E-state index in [1.165, 1.54) is 0 Å². The van der Waals surface area contributed by atoms with Crippen LogP contribution in [-0.2, 0) is 18.3 Å². The molecule has 7 heteroatoms. The third-order valence-corrected chi connectivity index (χ3v) is 4.95. The molecule has 1 aromatic carbocycles. The summed E-state index contributed by atoms with van der Waals surface area (Å²) in [6.45, 7) is 3.42. The molecule has 0 saturated carbocycles. The molecule has 2 aliphatic heterocycles. The first-order valence-corrected chi connectivity index (χ1v) is 9.08. The standard InChI is InChI=1S/C19H24N4O3/c1-22-8-7-21-19(22)15-13-20-6-9-23(15)18(24)5-3-14-2-4-16-17(12-14)26-11-10-25-16/h2,4,7-8,12,15,20H,3,5-6,9-11,13H2,1H3. The molecular weight excluding hydrogens is 332 g/mol. The molecule has 0 spiro atoms. The number of aromatic nitrogens is 2. The van der Waals surface area contributed by atoms with Gasteiger partial charge in [-0.1, -0.05) is 6.07 Å². The van der Waals surface area contributed by atoms with E-state index in [1.54, 1.807) is 6.20 Å². The van der Waals surface area contributed by atoms with E-state index in [4.69, 9.17) is 9.47 Å². The van der Waals surface area contributed by atoms with Crippen molar-refractivity contribution >= 4 is 5.91 Å². The first-order chi connectivity index (χ1) is 12.7. The maximum Gasteiger partial charge on any atom is 0.223 e. The summed E-state index contributed by atoms with van der Waals surface area (Å²) in [6.07, 6.45) is 4.86. The lowest BCUT2D eigenvalue weighted by molar-refractivity contribution is -0.134. The number of carbonyl (C=O) groups excluding carboxylic acids is 1. The Kier molecular flexibility index (Phi) is 4.79. The van der Waals surface area contributed by atoms with Crippen LogP contribution in [-0.4, -0.2) is 53.2 Å². The van der Waals surface area contributed by atoms with Crippen LogP contribution in [0.25, 0.3) is 0 Å². The molecule has 2 aliphatic rings. The summed E-state index contributed by atoms with van der Waals surface area (Å²) in [5.41, 5.74) is 1.09. The predicted molar refractivity (Wildman–Crippen MR) is 96.3 cm³/mol. The van der Waals surface area contributed by atoms with Gasteiger partial charge in [0.2, 0.25) is 5.91 Å². The monoisotopic (exact) mass is 356 g/mol. The number of aryl methyl sites for hydroxylation is 2. The van der Waals surface area contributed by atoms with Gasteiger partial charge in [0.15, 0.2) is 11.5 Å². The third kappa shape index (κ3) is 3.39. The number of amides is 1. The van der Waals surface area contributed by atoms with Crippen LogP contribution in [0.1, 0.15) is 23.9 Å². The van der Waals surface area contributed by atoms with Crippen LogP contribution in [0.3, 0.4) is 0 Å². The fourth-order valence-electron chi connectivity index (χ4n) is 3.57. The van der Waals surface area contributed by atoms with E-state index in [2.05, 4.69) is 10.3 Å². The molecule has 2 aromatic rings. The van der Waals surface area contributed by atoms with Crippen LogP contribution in [0.4, 0.5) is 0 Å². The lowest BCUT2D eigenvalue weighted by atomic mass is 10.1. The Bertz CT molecular complexity index is 789. The Morgan fingerprint density at radius 2 is 2.15 bits per heavy atom. The molecule has 3 heterocycles. The number of nitrogens with zero attached hydrogens (tertiary/aromatic N) is 3. The van der Waals surface area contributed by atoms with Crippen molar-refractivity contribution in [1.82, 2.24) is 19.8 Å². The average molecular weight is 356 g/mol. The highest BCUT2D eigenvalue weighted by Gasteiger charge is 2.30. The maximum absolute atomic E-state index is 12.9. The zero-order valence-corrected chi connectivity index (χ0v) is 15.0. The van der Waals surface area contributed by atoms with E-state index in [0.29, 0.717) is 32.6 Å². The lowest BCUT2D eigenvalue weighted by Crippen LogP contribution is -2.49. The van der Waals surface area contributed by atoms with Gasteiger partial charge in [-0.2, -0.15) is 0 Å². The molecular formula is C19H24N4O3. The van der Waals surface area contributed by atoms with Gasteiger partial charge in [-0.25, -0.2) is 4.98 Å². The van der Waals surface area contributed by atoms with Gasteiger partial charge >= 0.3 is 0 Å². The molecule has 1 fully saturated rings. The smallest absolute Gasteiger partial charge is 0.223 e. The summed E-state index contributed by atoms with van der Waals surface area (Å²) >= 11 is 0. The Morgan fingerprint density at radius 1 is 1.31 bits per heavy atom. The Labute approximate surface area is 152 Å². The van der Waals surface area contributed by atoms with Crippen molar-refractivity contribution in [3.05, 3.63) is 42.0 Å². The second-order valence-electron chi connectivity index (χ2n) is 6.68. The van der Waals surface area contributed by atoms with E-state index in [-0.39, 0.29) is 11.9 Å². The number of fused-ring (bicyclic) bond motifs is 1. The van der Waals surface area contributed by atoms with Crippen molar-refractivity contribution < 1.29 is 14.3 Å². The SMILES string of the molecule is Cn1ccnc1C1CNCCN1C(=O)CCc1ccc2c(c1)OCCO2. The summed E-state index contributed by atoms with van der Waals surface area (Å²) in [5, 5.41) is 3.37. The summed E-state index contributed by atoms with van der Waals surface area (Å²) < 4.78 is 13.2. The molecule has 1 amide bonds. The molecule has 1 aromatic heterocycles. The first-order valence-electron chi connectivity index (χ1n) is 9.08. The fourth-order valence-corrected chi connectivity index (χ4v) is 3.57. The van der Waals surface area contributed by atoms with Crippen LogP contribution < -0.4 is 14.8 Å². The molecule has 1 unspecified atom stereocenters. The second kappa shape index (κ2) is 7.37. The van der Waals surface area contributed by atoms with Crippen molar-refractivity contribution in [2.24, 2.45) is 7.05 Å². The van der Waals surface area contributed by atoms with Crippen molar-refractivity contribution in [2.75, 3.05) is 32.8 Å². The first kappa shape index (κ1) is 16.9. The highest BCUT2D eigenvalue weighted by Crippen LogP contribution is 2.31. The van der Waals surface area contributed by atoms with Gasteiger partial charge in [0.25, 0.3) is 0 Å². The molecule has 0 aliphatic carbocycles. The minimum absolute atomic E-state index is 0.0171. The maximum atomic E-state index is 12.9. The highest BCUT2D eigenvalue weighted by molar-refractivity contribution is 5.77. The van der Waals surface area contributed by atoms with Crippen LogP contribution in [0.15, 0.2) is 30.6 Å². The number of rotatable bonds is 4. The molecule has 138 valence electrons. The normalized spacial score (nSPS) is 19.4. The topological polar surface area (TPSA) is 68.6 Å². The Morgan fingerprint density at radius 3 is 2.96 bits per heavy atom. The fraction of sp³-hybridized carbons (Fsp3) is 0.474. The lowest BCUT2D eigenvalue weighted by Gasteiger charge is -2.36. The summed E-state index contributed by atoms with van der Waals surface area (Å²) in [7, 11) is 1.97. The Hall–Kier alpha value is -2.54. The zero-order chi connectivity index (χ0) is 17.9. The van der Waals surface area contributed by atoms with E-state index < -0.39 is 0 Å². The molecule has 1 saturated heterocycles. The Balaban J connectivity index is 1.43. The summed E-state index contributed by atoms with van der Waals surface area (Å²) in [6, 6.07) is 5.90. The van der Waals surface area contributed by atoms with Crippen molar-refractivity contribution in [2.45, 2.75) is 18.9 Å². The predicted octanol–water partition coefficient (Wildman–Crippen LogP) is 1.30. The van der Waals surface area contributed by atoms with E-state index in [1.807, 2.05) is 40.9 Å². The molecule has 7 nitrogen and oxygen atoms in total. The molecule has 26 heavy (non-hydrogen) atoms. The number of imidazole rings is 1. The van der Waals surface area contributed by atoms with Crippen molar-refractivity contribution in [1.29, 1.82) is 0 Å². The number of benzene rings is 1. The number of nitrogens with one attached hydrogen (secondary N) is 1. The third-order valence-electron chi connectivity index (χ3n) is 4.95. The van der Waals surface area contributed by atoms with E-state index in [9.17, 15) is 4.79 Å². The van der Waals surface area contributed by atoms with Gasteiger partial charge in [-0.3, -0.25) is 4.79 Å². The van der Waals surface area contributed by atoms with Gasteiger partial charge in [-0.05, 0) is 24.1 Å². The number of hydrogen-bond donors (Lipinski definition) is 1. The zero-order valence-electron chi connectivity index (χ0n) is 15.0. The van der Waals surface area contributed by atoms with E-state index >= 15 is 0 Å². The van der Waals surface area contributed by atoms with Crippen LogP contribution >= 0.6 is 0 Å². The van der Waals surface area contributed by atoms with E-state index in [0.717, 1.165) is 36.0 Å². The van der Waals surface area contributed by atoms with Gasteiger partial charge in [-0.15, -0.1) is 0 Å². The largest absolute Gasteiger partial charge is 0.486 e. The van der Waals surface area contributed by atoms with Gasteiger partial charge < -0.3 is 24.3 Å². The summed E-state index contributed by atoms with van der Waals surface area (Å²) in [5.74, 6) is 2.64. The summed E-state index contributed by atoms with van der Waals surface area (Å²) in [4.78, 5) is 19.3. The van der Waals surface area contributed by atoms with Crippen LogP contribution in [0, 0.1) is 0 Å². The van der Waals surface area contributed by atoms with Crippen LogP contribution in [0.5, 0.6) is 11.5 Å². The number of piperazine rings is 1. The number of carbonyl (C=O) groups is 1. The molecule has 1 N–H and O–H groups in total. The minimum atomic E-state index is -0.0171. The molecule has 0 radical (unpaired) electrons. The van der Waals surface area contributed by atoms with Gasteiger partial charge in [0.05, 0.1) is 0 Å². The number of hydrogen-bond acceptors (Lipinski definition) is 5. The minimum Gasteiger partial charge on any atom is -0.486 e. The second-order valence-corrected chi connectivity index (χ2v) is 6.68.